The van der Waals surface area contributed by atoms with Crippen LogP contribution in [0.15, 0.2) is 30.3 Å². The zero-order valence-corrected chi connectivity index (χ0v) is 17.9. The highest BCUT2D eigenvalue weighted by Crippen LogP contribution is 2.47. The fraction of sp³-hybridized carbons (Fsp3) is 0.520. The maximum Gasteiger partial charge on any atom is 0.387 e. The molecule has 32 heavy (non-hydrogen) atoms. The third kappa shape index (κ3) is 4.92. The van der Waals surface area contributed by atoms with Crippen molar-refractivity contribution in [1.29, 1.82) is 0 Å². The van der Waals surface area contributed by atoms with Gasteiger partial charge in [0.2, 0.25) is 0 Å². The van der Waals surface area contributed by atoms with Crippen LogP contribution in [0, 0.1) is 29.3 Å². The lowest BCUT2D eigenvalue weighted by molar-refractivity contribution is -0.0546. The van der Waals surface area contributed by atoms with E-state index in [1.165, 1.54) is 12.1 Å². The van der Waals surface area contributed by atoms with E-state index in [2.05, 4.69) is 4.74 Å². The molecule has 7 heteroatoms. The summed E-state index contributed by atoms with van der Waals surface area (Å²) in [5.74, 6) is -2.85. The van der Waals surface area contributed by atoms with Crippen LogP contribution in [-0.4, -0.2) is 19.3 Å². The first kappa shape index (κ1) is 23.0. The minimum Gasteiger partial charge on any atom is -0.429 e. The lowest BCUT2D eigenvalue weighted by Crippen LogP contribution is -2.33. The van der Waals surface area contributed by atoms with Crippen molar-refractivity contribution in [3.05, 3.63) is 53.3 Å². The average molecular weight is 454 g/mol. The van der Waals surface area contributed by atoms with Crippen LogP contribution in [0.5, 0.6) is 5.75 Å². The maximum absolute atomic E-state index is 14.9. The van der Waals surface area contributed by atoms with E-state index in [1.54, 1.807) is 6.07 Å². The van der Waals surface area contributed by atoms with Gasteiger partial charge in [0.05, 0.1) is 6.10 Å². The number of fused-ring (bicyclic) bond motifs is 1. The quantitative estimate of drug-likeness (QED) is 0.422. The predicted molar refractivity (Wildman–Crippen MR) is 111 cm³/mol. The SMILES string of the molecule is CCOC1CCC2CC(c3ccc(-c4cc(F)c(OC(F)F)c(F)c4)c(F)c3)CCC2C1. The fourth-order valence-corrected chi connectivity index (χ4v) is 5.47. The van der Waals surface area contributed by atoms with Gasteiger partial charge in [-0.2, -0.15) is 8.78 Å². The minimum absolute atomic E-state index is 0.0149. The number of hydrogen-bond donors (Lipinski definition) is 0. The summed E-state index contributed by atoms with van der Waals surface area (Å²) in [6, 6.07) is 6.35. The summed E-state index contributed by atoms with van der Waals surface area (Å²) in [6.45, 7) is -0.591. The summed E-state index contributed by atoms with van der Waals surface area (Å²) in [5, 5.41) is 0. The summed E-state index contributed by atoms with van der Waals surface area (Å²) in [6.07, 6.45) is 6.71. The van der Waals surface area contributed by atoms with Crippen LogP contribution in [0.1, 0.15) is 56.9 Å². The van der Waals surface area contributed by atoms with E-state index < -0.39 is 29.8 Å². The second kappa shape index (κ2) is 9.77. The number of ether oxygens (including phenoxy) is 2. The number of alkyl halides is 2. The van der Waals surface area contributed by atoms with Crippen molar-refractivity contribution in [2.24, 2.45) is 11.8 Å². The van der Waals surface area contributed by atoms with Gasteiger partial charge in [0.25, 0.3) is 0 Å². The van der Waals surface area contributed by atoms with E-state index >= 15 is 0 Å². The first-order valence-corrected chi connectivity index (χ1v) is 11.2. The van der Waals surface area contributed by atoms with Crippen molar-refractivity contribution in [3.63, 3.8) is 0 Å². The van der Waals surface area contributed by atoms with E-state index in [0.29, 0.717) is 17.9 Å². The summed E-state index contributed by atoms with van der Waals surface area (Å²) < 4.78 is 77.4. The number of hydrogen-bond acceptors (Lipinski definition) is 2. The Hall–Kier alpha value is -2.15. The average Bonchev–Trinajstić information content (AvgIpc) is 2.76. The van der Waals surface area contributed by atoms with Crippen LogP contribution in [0.2, 0.25) is 0 Å². The Kier molecular flexibility index (Phi) is 7.03. The molecule has 2 saturated carbocycles. The van der Waals surface area contributed by atoms with E-state index in [1.807, 2.05) is 6.92 Å². The highest BCUT2D eigenvalue weighted by Gasteiger charge is 2.36. The molecule has 0 radical (unpaired) electrons. The Bertz CT molecular complexity index is 925. The third-order valence-electron chi connectivity index (χ3n) is 6.95. The molecule has 174 valence electrons. The standard InChI is InChI=1S/C25H27F5O2/c1-2-31-19-7-5-15-9-14(3-4-16(15)10-19)17-6-8-20(21(26)11-17)18-12-22(27)24(23(28)13-18)32-25(29)30/h6,8,11-16,19,25H,2-5,7,9-10H2,1H3. The number of benzene rings is 2. The molecule has 2 nitrogen and oxygen atoms in total. The molecule has 2 aromatic carbocycles. The molecule has 2 aliphatic rings. The summed E-state index contributed by atoms with van der Waals surface area (Å²) in [5.41, 5.74) is 0.833. The Balaban J connectivity index is 1.49. The smallest absolute Gasteiger partial charge is 0.387 e. The minimum atomic E-state index is -3.36. The normalized spacial score (nSPS) is 25.6. The van der Waals surface area contributed by atoms with Gasteiger partial charge in [0.1, 0.15) is 5.82 Å². The molecule has 0 spiro atoms. The molecule has 0 aliphatic heterocycles. The Labute approximate surface area is 184 Å². The molecule has 0 heterocycles. The van der Waals surface area contributed by atoms with Crippen LogP contribution < -0.4 is 4.74 Å². The third-order valence-corrected chi connectivity index (χ3v) is 6.95. The fourth-order valence-electron chi connectivity index (χ4n) is 5.47. The van der Waals surface area contributed by atoms with E-state index in [4.69, 9.17) is 4.74 Å². The first-order valence-electron chi connectivity index (χ1n) is 11.2. The Morgan fingerprint density at radius 3 is 2.22 bits per heavy atom. The lowest BCUT2D eigenvalue weighted by Gasteiger charge is -2.42. The predicted octanol–water partition coefficient (Wildman–Crippen LogP) is 7.46. The monoisotopic (exact) mass is 454 g/mol. The molecule has 2 aliphatic carbocycles. The van der Waals surface area contributed by atoms with Crippen molar-refractivity contribution < 1.29 is 31.4 Å². The zero-order chi connectivity index (χ0) is 22.8. The van der Waals surface area contributed by atoms with Gasteiger partial charge >= 0.3 is 6.61 Å². The van der Waals surface area contributed by atoms with Crippen LogP contribution >= 0.6 is 0 Å². The molecule has 4 atom stereocenters. The van der Waals surface area contributed by atoms with Gasteiger partial charge < -0.3 is 9.47 Å². The lowest BCUT2D eigenvalue weighted by atomic mass is 9.65. The molecule has 0 N–H and O–H groups in total. The summed E-state index contributed by atoms with van der Waals surface area (Å²) in [7, 11) is 0. The van der Waals surface area contributed by atoms with Crippen LogP contribution in [-0.2, 0) is 4.74 Å². The van der Waals surface area contributed by atoms with Crippen molar-refractivity contribution in [2.75, 3.05) is 6.61 Å². The molecular formula is C25H27F5O2. The van der Waals surface area contributed by atoms with E-state index in [0.717, 1.165) is 62.8 Å². The van der Waals surface area contributed by atoms with Crippen molar-refractivity contribution in [2.45, 2.75) is 64.1 Å². The van der Waals surface area contributed by atoms with Crippen molar-refractivity contribution in [1.82, 2.24) is 0 Å². The largest absolute Gasteiger partial charge is 0.429 e. The van der Waals surface area contributed by atoms with Gasteiger partial charge in [-0.25, -0.2) is 13.2 Å². The van der Waals surface area contributed by atoms with Crippen LogP contribution in [0.3, 0.4) is 0 Å². The van der Waals surface area contributed by atoms with Gasteiger partial charge in [-0.1, -0.05) is 12.1 Å². The zero-order valence-electron chi connectivity index (χ0n) is 17.9. The molecule has 4 rings (SSSR count). The molecule has 0 aromatic heterocycles. The van der Waals surface area contributed by atoms with E-state index in [9.17, 15) is 22.0 Å². The van der Waals surface area contributed by atoms with Gasteiger partial charge in [-0.05, 0) is 92.5 Å². The van der Waals surface area contributed by atoms with Crippen molar-refractivity contribution in [3.8, 4) is 16.9 Å². The number of halogens is 5. The topological polar surface area (TPSA) is 18.5 Å². The molecule has 0 amide bonds. The molecule has 2 fully saturated rings. The summed E-state index contributed by atoms with van der Waals surface area (Å²) in [4.78, 5) is 0. The molecule has 0 saturated heterocycles. The first-order chi connectivity index (χ1) is 15.4. The second-order valence-corrected chi connectivity index (χ2v) is 8.81. The van der Waals surface area contributed by atoms with Crippen LogP contribution in [0.25, 0.3) is 11.1 Å². The highest BCUT2D eigenvalue weighted by molar-refractivity contribution is 5.66. The molecular weight excluding hydrogens is 427 g/mol. The maximum atomic E-state index is 14.9. The van der Waals surface area contributed by atoms with Gasteiger partial charge in [-0.3, -0.25) is 0 Å². The molecule has 2 aromatic rings. The Morgan fingerprint density at radius 1 is 0.875 bits per heavy atom. The summed E-state index contributed by atoms with van der Waals surface area (Å²) >= 11 is 0. The second-order valence-electron chi connectivity index (χ2n) is 8.81. The van der Waals surface area contributed by atoms with Gasteiger partial charge in [0.15, 0.2) is 17.4 Å². The molecule has 4 unspecified atom stereocenters. The van der Waals surface area contributed by atoms with Crippen LogP contribution in [0.4, 0.5) is 22.0 Å². The van der Waals surface area contributed by atoms with Gasteiger partial charge in [-0.15, -0.1) is 0 Å². The Morgan fingerprint density at radius 2 is 1.56 bits per heavy atom. The number of rotatable bonds is 6. The van der Waals surface area contributed by atoms with E-state index in [-0.39, 0.29) is 17.0 Å². The van der Waals surface area contributed by atoms with Gasteiger partial charge in [0, 0.05) is 12.2 Å². The van der Waals surface area contributed by atoms with Crippen molar-refractivity contribution >= 4 is 0 Å². The highest BCUT2D eigenvalue weighted by atomic mass is 19.3. The molecule has 0 bridgehead atoms.